The van der Waals surface area contributed by atoms with Gasteiger partial charge in [0.2, 0.25) is 0 Å². The molecule has 0 aromatic heterocycles. The number of fused-ring (bicyclic) bond motifs is 1. The second kappa shape index (κ2) is 3.13. The Balaban J connectivity index is 2.68. The number of rotatable bonds is 0. The van der Waals surface area contributed by atoms with Crippen molar-refractivity contribution in [3.63, 3.8) is 0 Å². The zero-order valence-corrected chi connectivity index (χ0v) is 8.85. The highest BCUT2D eigenvalue weighted by molar-refractivity contribution is 5.49. The molecule has 1 aliphatic heterocycles. The average molecular weight is 232 g/mol. The fourth-order valence-corrected chi connectivity index (χ4v) is 1.97. The maximum absolute atomic E-state index is 12.9. The number of phenols is 1. The van der Waals surface area contributed by atoms with Gasteiger partial charge in [-0.15, -0.1) is 0 Å². The number of aryl methyl sites for hydroxylation is 1. The van der Waals surface area contributed by atoms with Gasteiger partial charge in [0, 0.05) is 5.56 Å². The molecule has 1 atom stereocenters. The molecule has 0 saturated heterocycles. The monoisotopic (exact) mass is 232 g/mol. The van der Waals surface area contributed by atoms with Gasteiger partial charge in [0.15, 0.2) is 5.60 Å². The fourth-order valence-electron chi connectivity index (χ4n) is 1.97. The van der Waals surface area contributed by atoms with Gasteiger partial charge in [-0.3, -0.25) is 0 Å². The van der Waals surface area contributed by atoms with E-state index in [1.165, 1.54) is 6.07 Å². The summed E-state index contributed by atoms with van der Waals surface area (Å²) in [6, 6.07) is 2.85. The second-order valence-corrected chi connectivity index (χ2v) is 4.07. The minimum atomic E-state index is -4.54. The molecular weight excluding hydrogens is 221 g/mol. The second-order valence-electron chi connectivity index (χ2n) is 4.07. The molecule has 1 unspecified atom stereocenters. The van der Waals surface area contributed by atoms with Gasteiger partial charge in [0.1, 0.15) is 5.75 Å². The Hall–Kier alpha value is -1.23. The van der Waals surface area contributed by atoms with Crippen molar-refractivity contribution in [1.82, 2.24) is 0 Å². The topological polar surface area (TPSA) is 29.5 Å². The molecular formula is C11H11F3O2. The summed E-state index contributed by atoms with van der Waals surface area (Å²) in [6.07, 6.45) is -4.54. The summed E-state index contributed by atoms with van der Waals surface area (Å²) in [7, 11) is 0. The molecule has 2 nitrogen and oxygen atoms in total. The van der Waals surface area contributed by atoms with Crippen molar-refractivity contribution in [2.45, 2.75) is 32.2 Å². The molecule has 0 spiro atoms. The first-order valence-corrected chi connectivity index (χ1v) is 4.80. The highest BCUT2D eigenvalue weighted by Crippen LogP contribution is 2.51. The van der Waals surface area contributed by atoms with E-state index < -0.39 is 11.8 Å². The van der Waals surface area contributed by atoms with Gasteiger partial charge in [-0.1, -0.05) is 6.07 Å². The first-order valence-electron chi connectivity index (χ1n) is 4.80. The van der Waals surface area contributed by atoms with Gasteiger partial charge in [0.25, 0.3) is 0 Å². The van der Waals surface area contributed by atoms with E-state index in [2.05, 4.69) is 0 Å². The summed E-state index contributed by atoms with van der Waals surface area (Å²) >= 11 is 0. The molecule has 1 aromatic carbocycles. The molecule has 88 valence electrons. The summed E-state index contributed by atoms with van der Waals surface area (Å²) in [5.41, 5.74) is -1.43. The lowest BCUT2D eigenvalue weighted by Gasteiger charge is -2.28. The van der Waals surface area contributed by atoms with E-state index in [0.717, 1.165) is 6.92 Å². The molecule has 0 bridgehead atoms. The number of aromatic hydroxyl groups is 1. The molecule has 0 saturated carbocycles. The highest BCUT2D eigenvalue weighted by Gasteiger charge is 2.58. The minimum Gasteiger partial charge on any atom is -0.508 e. The molecule has 0 aliphatic carbocycles. The summed E-state index contributed by atoms with van der Waals surface area (Å²) in [4.78, 5) is 0. The molecule has 1 N–H and O–H groups in total. The largest absolute Gasteiger partial charge is 0.508 e. The van der Waals surface area contributed by atoms with Crippen molar-refractivity contribution in [3.05, 3.63) is 28.8 Å². The molecule has 0 amide bonds. The normalized spacial score (nSPS) is 24.6. The number of hydrogen-bond donors (Lipinski definition) is 1. The van der Waals surface area contributed by atoms with Gasteiger partial charge in [-0.2, -0.15) is 13.2 Å². The van der Waals surface area contributed by atoms with Crippen LogP contribution in [-0.2, 0) is 16.9 Å². The lowest BCUT2D eigenvalue weighted by Crippen LogP contribution is -2.39. The van der Waals surface area contributed by atoms with Crippen LogP contribution in [0.2, 0.25) is 0 Å². The van der Waals surface area contributed by atoms with Crippen LogP contribution >= 0.6 is 0 Å². The van der Waals surface area contributed by atoms with Crippen molar-refractivity contribution in [2.75, 3.05) is 0 Å². The van der Waals surface area contributed by atoms with E-state index in [0.29, 0.717) is 11.1 Å². The van der Waals surface area contributed by atoms with Crippen molar-refractivity contribution < 1.29 is 23.0 Å². The summed E-state index contributed by atoms with van der Waals surface area (Å²) < 4.78 is 43.5. The molecule has 1 aliphatic rings. The lowest BCUT2D eigenvalue weighted by atomic mass is 9.90. The molecule has 1 aromatic rings. The summed E-state index contributed by atoms with van der Waals surface area (Å²) in [6.45, 7) is 2.52. The van der Waals surface area contributed by atoms with E-state index in [4.69, 9.17) is 4.74 Å². The Morgan fingerprint density at radius 2 is 2.00 bits per heavy atom. The van der Waals surface area contributed by atoms with E-state index in [1.807, 2.05) is 0 Å². The predicted molar refractivity (Wildman–Crippen MR) is 51.0 cm³/mol. The minimum absolute atomic E-state index is 0.119. The van der Waals surface area contributed by atoms with Crippen LogP contribution in [0.4, 0.5) is 13.2 Å². The Morgan fingerprint density at radius 3 is 2.56 bits per heavy atom. The number of halogens is 3. The molecule has 0 radical (unpaired) electrons. The van der Waals surface area contributed by atoms with Crippen LogP contribution in [0.15, 0.2) is 12.1 Å². The first kappa shape index (κ1) is 11.3. The Labute approximate surface area is 90.7 Å². The first-order chi connectivity index (χ1) is 7.27. The van der Waals surface area contributed by atoms with Gasteiger partial charge in [0.05, 0.1) is 6.61 Å². The third-order valence-corrected chi connectivity index (χ3v) is 3.05. The summed E-state index contributed by atoms with van der Waals surface area (Å²) in [5.74, 6) is -0.363. The molecule has 1 heterocycles. The van der Waals surface area contributed by atoms with Crippen LogP contribution in [-0.4, -0.2) is 11.3 Å². The van der Waals surface area contributed by atoms with Crippen molar-refractivity contribution in [2.24, 2.45) is 0 Å². The quantitative estimate of drug-likeness (QED) is 0.745. The van der Waals surface area contributed by atoms with Crippen LogP contribution in [0, 0.1) is 6.92 Å². The maximum Gasteiger partial charge on any atom is 0.421 e. The van der Waals surface area contributed by atoms with E-state index in [9.17, 15) is 18.3 Å². The van der Waals surface area contributed by atoms with Crippen LogP contribution in [0.3, 0.4) is 0 Å². The smallest absolute Gasteiger partial charge is 0.421 e. The van der Waals surface area contributed by atoms with Crippen LogP contribution in [0.25, 0.3) is 0 Å². The fraction of sp³-hybridized carbons (Fsp3) is 0.455. The van der Waals surface area contributed by atoms with E-state index in [-0.39, 0.29) is 17.9 Å². The van der Waals surface area contributed by atoms with Crippen LogP contribution in [0.5, 0.6) is 5.75 Å². The number of phenolic OH excluding ortho intramolecular Hbond substituents is 1. The lowest BCUT2D eigenvalue weighted by molar-refractivity contribution is -0.272. The van der Waals surface area contributed by atoms with Crippen molar-refractivity contribution in [3.8, 4) is 5.75 Å². The van der Waals surface area contributed by atoms with Gasteiger partial charge < -0.3 is 9.84 Å². The number of ether oxygens (including phenoxy) is 1. The maximum atomic E-state index is 12.9. The van der Waals surface area contributed by atoms with Crippen molar-refractivity contribution >= 4 is 0 Å². The molecule has 2 rings (SSSR count). The van der Waals surface area contributed by atoms with Gasteiger partial charge in [-0.25, -0.2) is 0 Å². The number of benzene rings is 1. The van der Waals surface area contributed by atoms with Crippen LogP contribution < -0.4 is 0 Å². The van der Waals surface area contributed by atoms with Crippen LogP contribution in [0.1, 0.15) is 23.6 Å². The summed E-state index contributed by atoms with van der Waals surface area (Å²) in [5, 5.41) is 9.57. The van der Waals surface area contributed by atoms with E-state index >= 15 is 0 Å². The van der Waals surface area contributed by atoms with Gasteiger partial charge >= 0.3 is 6.18 Å². The Kier molecular flexibility index (Phi) is 2.21. The SMILES string of the molecule is Cc1ccc(O)c2c1COC2(C)C(F)(F)F. The number of hydrogen-bond acceptors (Lipinski definition) is 2. The Bertz CT molecular complexity index is 440. The molecule has 0 fully saturated rings. The zero-order chi connectivity index (χ0) is 12.1. The Morgan fingerprint density at radius 1 is 1.38 bits per heavy atom. The molecule has 5 heteroatoms. The highest BCUT2D eigenvalue weighted by atomic mass is 19.4. The standard InChI is InChI=1S/C11H11F3O2/c1-6-3-4-8(15)9-7(6)5-16-10(9,2)11(12,13)14/h3-4,15H,5H2,1-2H3. The van der Waals surface area contributed by atoms with Crippen molar-refractivity contribution in [1.29, 1.82) is 0 Å². The average Bonchev–Trinajstić information content (AvgIpc) is 2.52. The predicted octanol–water partition coefficient (Wildman–Crippen LogP) is 3.01. The van der Waals surface area contributed by atoms with E-state index in [1.54, 1.807) is 13.0 Å². The molecule has 16 heavy (non-hydrogen) atoms. The third kappa shape index (κ3) is 1.31. The third-order valence-electron chi connectivity index (χ3n) is 3.05. The van der Waals surface area contributed by atoms with Gasteiger partial charge in [-0.05, 0) is 31.0 Å². The zero-order valence-electron chi connectivity index (χ0n) is 8.85. The number of alkyl halides is 3.